The van der Waals surface area contributed by atoms with Crippen LogP contribution in [0.1, 0.15) is 24.0 Å². The van der Waals surface area contributed by atoms with Gasteiger partial charge in [-0.3, -0.25) is 4.90 Å². The van der Waals surface area contributed by atoms with Crippen LogP contribution in [-0.2, 0) is 13.1 Å². The minimum atomic E-state index is 0.651. The van der Waals surface area contributed by atoms with Crippen LogP contribution in [0, 0.1) is 0 Å². The molecule has 0 spiro atoms. The topological polar surface area (TPSA) is 56.3 Å². The van der Waals surface area contributed by atoms with Gasteiger partial charge in [-0.05, 0) is 32.0 Å². The van der Waals surface area contributed by atoms with Gasteiger partial charge in [0.2, 0.25) is 0 Å². The van der Waals surface area contributed by atoms with E-state index >= 15 is 0 Å². The average Bonchev–Trinajstić information content (AvgIpc) is 2.92. The molecular formula is C16H24N4O. The summed E-state index contributed by atoms with van der Waals surface area (Å²) in [6.45, 7) is 3.13. The average molecular weight is 288 g/mol. The van der Waals surface area contributed by atoms with Gasteiger partial charge in [-0.2, -0.15) is 0 Å². The summed E-state index contributed by atoms with van der Waals surface area (Å²) in [4.78, 5) is 9.32. The van der Waals surface area contributed by atoms with E-state index in [2.05, 4.69) is 41.3 Å². The molecule has 0 aliphatic carbocycles. The molecule has 0 atom stereocenters. The Morgan fingerprint density at radius 3 is 2.67 bits per heavy atom. The third kappa shape index (κ3) is 5.57. The molecule has 2 aromatic rings. The van der Waals surface area contributed by atoms with E-state index in [0.717, 1.165) is 31.5 Å². The zero-order valence-corrected chi connectivity index (χ0v) is 12.6. The molecule has 114 valence electrons. The molecule has 0 radical (unpaired) electrons. The van der Waals surface area contributed by atoms with Crippen LogP contribution in [0.5, 0.6) is 0 Å². The molecule has 0 aliphatic heterocycles. The predicted molar refractivity (Wildman–Crippen MR) is 83.6 cm³/mol. The Kier molecular flexibility index (Phi) is 6.24. The van der Waals surface area contributed by atoms with Crippen molar-refractivity contribution in [3.05, 3.63) is 53.9 Å². The zero-order valence-electron chi connectivity index (χ0n) is 12.6. The summed E-state index contributed by atoms with van der Waals surface area (Å²) >= 11 is 0. The van der Waals surface area contributed by atoms with E-state index in [0.29, 0.717) is 13.2 Å². The van der Waals surface area contributed by atoms with Gasteiger partial charge < -0.3 is 10.6 Å². The molecule has 0 saturated heterocycles. The summed E-state index contributed by atoms with van der Waals surface area (Å²) in [6, 6.07) is 10.4. The molecule has 1 aromatic carbocycles. The monoisotopic (exact) mass is 288 g/mol. The van der Waals surface area contributed by atoms with Crippen LogP contribution in [-0.4, -0.2) is 35.0 Å². The van der Waals surface area contributed by atoms with Crippen molar-refractivity contribution in [1.82, 2.24) is 14.8 Å². The molecule has 0 bridgehead atoms. The highest BCUT2D eigenvalue weighted by atomic mass is 16.7. The molecule has 1 aromatic heterocycles. The summed E-state index contributed by atoms with van der Waals surface area (Å²) in [5.74, 6) is 0. The number of rotatable bonds is 9. The van der Waals surface area contributed by atoms with Crippen molar-refractivity contribution in [2.75, 3.05) is 20.2 Å². The smallest absolute Gasteiger partial charge is 0.117 e. The van der Waals surface area contributed by atoms with Gasteiger partial charge in [0.25, 0.3) is 0 Å². The summed E-state index contributed by atoms with van der Waals surface area (Å²) < 4.78 is 0. The van der Waals surface area contributed by atoms with Crippen molar-refractivity contribution < 1.29 is 4.84 Å². The second-order valence-electron chi connectivity index (χ2n) is 5.24. The van der Waals surface area contributed by atoms with Crippen LogP contribution in [0.3, 0.4) is 0 Å². The van der Waals surface area contributed by atoms with Crippen molar-refractivity contribution in [3.8, 4) is 0 Å². The Morgan fingerprint density at radius 2 is 1.90 bits per heavy atom. The lowest BCUT2D eigenvalue weighted by Crippen LogP contribution is -2.17. The fourth-order valence-electron chi connectivity index (χ4n) is 2.16. The van der Waals surface area contributed by atoms with E-state index < -0.39 is 0 Å². The molecule has 0 unspecified atom stereocenters. The predicted octanol–water partition coefficient (Wildman–Crippen LogP) is 1.68. The van der Waals surface area contributed by atoms with E-state index in [-0.39, 0.29) is 0 Å². The normalized spacial score (nSPS) is 11.0. The number of hydrogen-bond acceptors (Lipinski definition) is 4. The molecule has 0 amide bonds. The van der Waals surface area contributed by atoms with Gasteiger partial charge >= 0.3 is 0 Å². The standard InChI is InChI=1S/C16H24N4O/c1-19(12-15-7-3-2-4-8-15)13-16-11-18-20(14-16)21-10-6-5-9-17/h2-4,7-8,11,14H,5-6,9-10,12-13,17H2,1H3. The highest BCUT2D eigenvalue weighted by Crippen LogP contribution is 2.07. The van der Waals surface area contributed by atoms with Gasteiger partial charge in [-0.15, -0.1) is 9.94 Å². The maximum absolute atomic E-state index is 5.52. The number of hydrogen-bond donors (Lipinski definition) is 1. The number of benzene rings is 1. The number of unbranched alkanes of at least 4 members (excludes halogenated alkanes) is 1. The molecule has 0 fully saturated rings. The minimum Gasteiger partial charge on any atom is -0.397 e. The maximum atomic E-state index is 5.52. The summed E-state index contributed by atoms with van der Waals surface area (Å²) in [7, 11) is 2.10. The molecule has 1 heterocycles. The van der Waals surface area contributed by atoms with E-state index in [1.165, 1.54) is 5.56 Å². The van der Waals surface area contributed by atoms with Crippen LogP contribution < -0.4 is 10.6 Å². The quantitative estimate of drug-likeness (QED) is 0.713. The first-order chi connectivity index (χ1) is 10.3. The lowest BCUT2D eigenvalue weighted by molar-refractivity contribution is 0.0796. The fourth-order valence-corrected chi connectivity index (χ4v) is 2.16. The van der Waals surface area contributed by atoms with Gasteiger partial charge in [0.15, 0.2) is 0 Å². The SMILES string of the molecule is CN(Cc1ccccc1)Cc1cnn(OCCCCN)c1. The number of aromatic nitrogens is 2. The molecule has 0 aliphatic rings. The second kappa shape index (κ2) is 8.44. The van der Waals surface area contributed by atoms with E-state index in [1.54, 1.807) is 4.85 Å². The van der Waals surface area contributed by atoms with Gasteiger partial charge in [0.1, 0.15) is 6.61 Å². The van der Waals surface area contributed by atoms with Gasteiger partial charge in [0, 0.05) is 18.7 Å². The maximum Gasteiger partial charge on any atom is 0.117 e. The Bertz CT molecular complexity index is 512. The van der Waals surface area contributed by atoms with Gasteiger partial charge in [-0.1, -0.05) is 30.3 Å². The van der Waals surface area contributed by atoms with Crippen LogP contribution >= 0.6 is 0 Å². The lowest BCUT2D eigenvalue weighted by Gasteiger charge is -2.15. The van der Waals surface area contributed by atoms with Gasteiger partial charge in [-0.25, -0.2) is 0 Å². The number of nitrogens with zero attached hydrogens (tertiary/aromatic N) is 3. The van der Waals surface area contributed by atoms with E-state index in [4.69, 9.17) is 10.6 Å². The molecule has 2 N–H and O–H groups in total. The van der Waals surface area contributed by atoms with Crippen molar-refractivity contribution in [3.63, 3.8) is 0 Å². The first-order valence-electron chi connectivity index (χ1n) is 7.37. The molecule has 5 heteroatoms. The molecular weight excluding hydrogens is 264 g/mol. The summed E-state index contributed by atoms with van der Waals surface area (Å²) in [5, 5.41) is 4.21. The number of nitrogens with two attached hydrogens (primary N) is 1. The second-order valence-corrected chi connectivity index (χ2v) is 5.24. The summed E-state index contributed by atoms with van der Waals surface area (Å²) in [6.07, 6.45) is 5.72. The fraction of sp³-hybridized carbons (Fsp3) is 0.438. The first-order valence-corrected chi connectivity index (χ1v) is 7.37. The Hall–Kier alpha value is -1.85. The molecule has 21 heavy (non-hydrogen) atoms. The van der Waals surface area contributed by atoms with Crippen LogP contribution in [0.25, 0.3) is 0 Å². The third-order valence-electron chi connectivity index (χ3n) is 3.18. The highest BCUT2D eigenvalue weighted by Gasteiger charge is 2.04. The first kappa shape index (κ1) is 15.5. The lowest BCUT2D eigenvalue weighted by atomic mass is 10.2. The minimum absolute atomic E-state index is 0.651. The van der Waals surface area contributed by atoms with Crippen molar-refractivity contribution in [2.45, 2.75) is 25.9 Å². The Morgan fingerprint density at radius 1 is 1.14 bits per heavy atom. The molecule has 5 nitrogen and oxygen atoms in total. The highest BCUT2D eigenvalue weighted by molar-refractivity contribution is 5.14. The Labute approximate surface area is 126 Å². The largest absolute Gasteiger partial charge is 0.397 e. The molecule has 2 rings (SSSR count). The Balaban J connectivity index is 1.76. The van der Waals surface area contributed by atoms with Crippen LogP contribution in [0.2, 0.25) is 0 Å². The molecule has 0 saturated carbocycles. The van der Waals surface area contributed by atoms with E-state index in [1.807, 2.05) is 18.5 Å². The third-order valence-corrected chi connectivity index (χ3v) is 3.18. The van der Waals surface area contributed by atoms with Crippen molar-refractivity contribution >= 4 is 0 Å². The van der Waals surface area contributed by atoms with Crippen molar-refractivity contribution in [2.24, 2.45) is 5.73 Å². The van der Waals surface area contributed by atoms with E-state index in [9.17, 15) is 0 Å². The zero-order chi connectivity index (χ0) is 14.9. The van der Waals surface area contributed by atoms with Crippen LogP contribution in [0.4, 0.5) is 0 Å². The van der Waals surface area contributed by atoms with Crippen LogP contribution in [0.15, 0.2) is 42.7 Å². The van der Waals surface area contributed by atoms with Crippen molar-refractivity contribution in [1.29, 1.82) is 0 Å². The summed E-state index contributed by atoms with van der Waals surface area (Å²) in [5.41, 5.74) is 7.90. The van der Waals surface area contributed by atoms with Gasteiger partial charge in [0.05, 0.1) is 12.4 Å².